The molecule has 0 fully saturated rings. The molecule has 0 saturated heterocycles. The van der Waals surface area contributed by atoms with E-state index >= 15 is 0 Å². The van der Waals surface area contributed by atoms with Gasteiger partial charge in [0.05, 0.1) is 24.7 Å². The molecule has 0 aliphatic rings. The van der Waals surface area contributed by atoms with E-state index in [9.17, 15) is 17.6 Å². The first-order valence-electron chi connectivity index (χ1n) is 7.69. The Hall–Kier alpha value is -2.52. The second-order valence-corrected chi connectivity index (χ2v) is 7.84. The highest BCUT2D eigenvalue weighted by atomic mass is 32.2. The predicted molar refractivity (Wildman–Crippen MR) is 95.7 cm³/mol. The Bertz CT molecular complexity index is 883. The number of amides is 1. The zero-order chi connectivity index (χ0) is 19.4. The number of rotatable bonds is 7. The van der Waals surface area contributed by atoms with Crippen LogP contribution in [-0.2, 0) is 20.6 Å². The number of nitrogens with zero attached hydrogens (tertiary/aromatic N) is 1. The van der Waals surface area contributed by atoms with E-state index in [2.05, 4.69) is 15.0 Å². The number of carbonyl (C=O) groups excluding carboxylic acids is 1. The first-order valence-corrected chi connectivity index (χ1v) is 9.35. The average molecular weight is 381 g/mol. The van der Waals surface area contributed by atoms with Crippen LogP contribution in [0, 0.1) is 5.82 Å². The van der Waals surface area contributed by atoms with Crippen molar-refractivity contribution >= 4 is 21.6 Å². The fourth-order valence-electron chi connectivity index (χ4n) is 2.15. The number of sulfonamides is 1. The number of hydrogen-bond acceptors (Lipinski definition) is 5. The molecule has 0 aliphatic heterocycles. The maximum atomic E-state index is 13.7. The largest absolute Gasteiger partial charge is 0.481 e. The quantitative estimate of drug-likeness (QED) is 0.765. The number of benzene rings is 1. The van der Waals surface area contributed by atoms with Gasteiger partial charge in [-0.25, -0.2) is 17.8 Å². The summed E-state index contributed by atoms with van der Waals surface area (Å²) in [7, 11) is -2.48. The fourth-order valence-corrected chi connectivity index (χ4v) is 3.74. The van der Waals surface area contributed by atoms with Gasteiger partial charge >= 0.3 is 0 Å². The van der Waals surface area contributed by atoms with Crippen molar-refractivity contribution in [3.05, 3.63) is 54.0 Å². The van der Waals surface area contributed by atoms with Gasteiger partial charge in [-0.3, -0.25) is 4.79 Å². The summed E-state index contributed by atoms with van der Waals surface area (Å²) < 4.78 is 45.5. The maximum absolute atomic E-state index is 13.7. The normalized spacial score (nSPS) is 11.8. The maximum Gasteiger partial charge on any atom is 0.245 e. The van der Waals surface area contributed by atoms with Crippen molar-refractivity contribution < 1.29 is 22.3 Å². The third-order valence-electron chi connectivity index (χ3n) is 3.49. The Kier molecular flexibility index (Phi) is 5.94. The molecule has 0 radical (unpaired) electrons. The molecule has 1 amide bonds. The van der Waals surface area contributed by atoms with Crippen molar-refractivity contribution in [1.29, 1.82) is 0 Å². The minimum absolute atomic E-state index is 0.0237. The molecule has 1 aromatic heterocycles. The number of anilines is 1. The van der Waals surface area contributed by atoms with Gasteiger partial charge in [0.25, 0.3) is 0 Å². The van der Waals surface area contributed by atoms with E-state index < -0.39 is 33.0 Å². The summed E-state index contributed by atoms with van der Waals surface area (Å²) in [5.41, 5.74) is -1.04. The van der Waals surface area contributed by atoms with Gasteiger partial charge in [-0.2, -0.15) is 4.72 Å². The van der Waals surface area contributed by atoms with E-state index in [1.54, 1.807) is 18.2 Å². The molecule has 0 atom stereocenters. The van der Waals surface area contributed by atoms with Crippen LogP contribution in [0.15, 0.2) is 42.6 Å². The molecule has 2 rings (SSSR count). The lowest BCUT2D eigenvalue weighted by Crippen LogP contribution is -2.52. The molecule has 2 N–H and O–H groups in total. The van der Waals surface area contributed by atoms with Crippen molar-refractivity contribution in [1.82, 2.24) is 9.71 Å². The molecule has 0 spiro atoms. The highest BCUT2D eigenvalue weighted by molar-refractivity contribution is 7.88. The Morgan fingerprint density at radius 1 is 1.23 bits per heavy atom. The van der Waals surface area contributed by atoms with Crippen LogP contribution in [0.5, 0.6) is 5.88 Å². The SMILES string of the molecule is COc1ccc(NC(=O)C(C)(C)NS(=O)(=O)Cc2ccccc2F)cn1. The van der Waals surface area contributed by atoms with Gasteiger partial charge in [0, 0.05) is 11.6 Å². The molecular weight excluding hydrogens is 361 g/mol. The monoisotopic (exact) mass is 381 g/mol. The first-order chi connectivity index (χ1) is 12.1. The number of hydrogen-bond donors (Lipinski definition) is 2. The number of methoxy groups -OCH3 is 1. The van der Waals surface area contributed by atoms with Gasteiger partial charge in [0.1, 0.15) is 11.4 Å². The van der Waals surface area contributed by atoms with E-state index in [4.69, 9.17) is 4.74 Å². The molecule has 9 heteroatoms. The first kappa shape index (κ1) is 19.8. The van der Waals surface area contributed by atoms with Crippen LogP contribution in [0.1, 0.15) is 19.4 Å². The number of pyridine rings is 1. The second-order valence-electron chi connectivity index (χ2n) is 6.12. The van der Waals surface area contributed by atoms with E-state index in [0.717, 1.165) is 0 Å². The molecule has 7 nitrogen and oxygen atoms in total. The number of aromatic nitrogens is 1. The van der Waals surface area contributed by atoms with Gasteiger partial charge in [0.2, 0.25) is 21.8 Å². The number of carbonyl (C=O) groups is 1. The molecular formula is C17H20FN3O4S. The van der Waals surface area contributed by atoms with Gasteiger partial charge in [0.15, 0.2) is 0 Å². The summed E-state index contributed by atoms with van der Waals surface area (Å²) in [6.07, 6.45) is 1.39. The van der Waals surface area contributed by atoms with Gasteiger partial charge in [-0.15, -0.1) is 0 Å². The van der Waals surface area contributed by atoms with E-state index in [-0.39, 0.29) is 5.56 Å². The van der Waals surface area contributed by atoms with Crippen LogP contribution in [0.4, 0.5) is 10.1 Å². The molecule has 0 aliphatic carbocycles. The lowest BCUT2D eigenvalue weighted by molar-refractivity contribution is -0.120. The third kappa shape index (κ3) is 5.24. The number of halogens is 1. The van der Waals surface area contributed by atoms with Crippen LogP contribution in [0.25, 0.3) is 0 Å². The van der Waals surface area contributed by atoms with Crippen molar-refractivity contribution in [3.63, 3.8) is 0 Å². The summed E-state index contributed by atoms with van der Waals surface area (Å²) in [5.74, 6) is -1.39. The fraction of sp³-hybridized carbons (Fsp3) is 0.294. The lowest BCUT2D eigenvalue weighted by atomic mass is 10.1. The average Bonchev–Trinajstić information content (AvgIpc) is 2.56. The minimum Gasteiger partial charge on any atom is -0.481 e. The third-order valence-corrected chi connectivity index (χ3v) is 5.00. The smallest absolute Gasteiger partial charge is 0.245 e. The van der Waals surface area contributed by atoms with E-state index in [0.29, 0.717) is 11.6 Å². The van der Waals surface area contributed by atoms with Crippen LogP contribution < -0.4 is 14.8 Å². The zero-order valence-electron chi connectivity index (χ0n) is 14.6. The highest BCUT2D eigenvalue weighted by Gasteiger charge is 2.33. The Morgan fingerprint density at radius 3 is 2.50 bits per heavy atom. The molecule has 0 bridgehead atoms. The lowest BCUT2D eigenvalue weighted by Gasteiger charge is -2.25. The number of nitrogens with one attached hydrogen (secondary N) is 2. The molecule has 140 valence electrons. The van der Waals surface area contributed by atoms with Crippen LogP contribution in [0.2, 0.25) is 0 Å². The highest BCUT2D eigenvalue weighted by Crippen LogP contribution is 2.16. The molecule has 1 aromatic carbocycles. The number of ether oxygens (including phenoxy) is 1. The second kappa shape index (κ2) is 7.79. The van der Waals surface area contributed by atoms with Gasteiger partial charge in [-0.05, 0) is 26.0 Å². The standard InChI is InChI=1S/C17H20FN3O4S/c1-17(2,16(22)20-13-8-9-15(25-3)19-10-13)21-26(23,24)11-12-6-4-5-7-14(12)18/h4-10,21H,11H2,1-3H3,(H,20,22). The topological polar surface area (TPSA) is 97.4 Å². The van der Waals surface area contributed by atoms with Crippen molar-refractivity contribution in [3.8, 4) is 5.88 Å². The van der Waals surface area contributed by atoms with Crippen molar-refractivity contribution in [2.75, 3.05) is 12.4 Å². The summed E-state index contributed by atoms with van der Waals surface area (Å²) in [5, 5.41) is 2.57. The van der Waals surface area contributed by atoms with E-state index in [1.807, 2.05) is 0 Å². The summed E-state index contributed by atoms with van der Waals surface area (Å²) in [6.45, 7) is 2.83. The van der Waals surface area contributed by atoms with Crippen LogP contribution >= 0.6 is 0 Å². The zero-order valence-corrected chi connectivity index (χ0v) is 15.4. The summed E-state index contributed by atoms with van der Waals surface area (Å²) in [4.78, 5) is 16.4. The Labute approximate surface area is 151 Å². The van der Waals surface area contributed by atoms with Crippen molar-refractivity contribution in [2.24, 2.45) is 0 Å². The molecule has 26 heavy (non-hydrogen) atoms. The Balaban J connectivity index is 2.07. The summed E-state index contributed by atoms with van der Waals surface area (Å²) in [6, 6.07) is 8.71. The minimum atomic E-state index is -3.95. The molecule has 0 saturated carbocycles. The Morgan fingerprint density at radius 2 is 1.92 bits per heavy atom. The molecule has 1 heterocycles. The van der Waals surface area contributed by atoms with Crippen molar-refractivity contribution in [2.45, 2.75) is 25.1 Å². The molecule has 0 unspecified atom stereocenters. The van der Waals surface area contributed by atoms with Gasteiger partial charge in [-0.1, -0.05) is 18.2 Å². The molecule has 2 aromatic rings. The van der Waals surface area contributed by atoms with Crippen LogP contribution in [0.3, 0.4) is 0 Å². The van der Waals surface area contributed by atoms with Gasteiger partial charge < -0.3 is 10.1 Å². The predicted octanol–water partition coefficient (Wildman–Crippen LogP) is 2.07. The van der Waals surface area contributed by atoms with Crippen LogP contribution in [-0.4, -0.2) is 32.0 Å². The van der Waals surface area contributed by atoms with E-state index in [1.165, 1.54) is 45.4 Å². The summed E-state index contributed by atoms with van der Waals surface area (Å²) >= 11 is 0.